The van der Waals surface area contributed by atoms with Gasteiger partial charge in [-0.15, -0.1) is 0 Å². The Morgan fingerprint density at radius 3 is 2.45 bits per heavy atom. The highest BCUT2D eigenvalue weighted by atomic mass is 19.1. The number of hydrogen-bond donors (Lipinski definition) is 3. The Bertz CT molecular complexity index is 805. The quantitative estimate of drug-likeness (QED) is 0.446. The first-order valence-corrected chi connectivity index (χ1v) is 10.2. The van der Waals surface area contributed by atoms with E-state index in [9.17, 15) is 9.18 Å². The van der Waals surface area contributed by atoms with Crippen LogP contribution >= 0.6 is 0 Å². The van der Waals surface area contributed by atoms with Crippen molar-refractivity contribution in [2.24, 2.45) is 4.99 Å². The summed E-state index contributed by atoms with van der Waals surface area (Å²) < 4.78 is 13.7. The van der Waals surface area contributed by atoms with Gasteiger partial charge >= 0.3 is 0 Å². The fourth-order valence-electron chi connectivity index (χ4n) is 2.70. The topological polar surface area (TPSA) is 65.5 Å². The minimum absolute atomic E-state index is 0.0578. The number of halogens is 1. The van der Waals surface area contributed by atoms with E-state index < -0.39 is 0 Å². The maximum Gasteiger partial charge on any atom is 0.251 e. The number of hydrogen-bond acceptors (Lipinski definition) is 2. The molecule has 156 valence electrons. The van der Waals surface area contributed by atoms with Gasteiger partial charge in [-0.1, -0.05) is 37.3 Å². The molecule has 0 heterocycles. The molecule has 5 nitrogen and oxygen atoms in total. The Morgan fingerprint density at radius 2 is 1.79 bits per heavy atom. The first kappa shape index (κ1) is 22.4. The third-order valence-corrected chi connectivity index (χ3v) is 4.61. The normalized spacial score (nSPS) is 12.3. The average molecular weight is 399 g/mol. The lowest BCUT2D eigenvalue weighted by molar-refractivity contribution is 0.0939. The minimum atomic E-state index is -0.186. The van der Waals surface area contributed by atoms with Crippen LogP contribution in [0.3, 0.4) is 0 Å². The van der Waals surface area contributed by atoms with Crippen molar-refractivity contribution in [2.75, 3.05) is 13.1 Å². The second-order valence-electron chi connectivity index (χ2n) is 6.94. The molecule has 2 rings (SSSR count). The maximum absolute atomic E-state index is 13.7. The molecule has 3 N–H and O–H groups in total. The van der Waals surface area contributed by atoms with E-state index in [0.29, 0.717) is 36.6 Å². The van der Waals surface area contributed by atoms with Gasteiger partial charge in [0.2, 0.25) is 0 Å². The molecule has 0 spiro atoms. The number of nitrogens with zero attached hydrogens (tertiary/aromatic N) is 1. The number of rotatable bonds is 9. The van der Waals surface area contributed by atoms with E-state index in [1.165, 1.54) is 6.07 Å². The molecule has 0 fully saturated rings. The Morgan fingerprint density at radius 1 is 1.07 bits per heavy atom. The molecule has 0 saturated carbocycles. The van der Waals surface area contributed by atoms with Crippen molar-refractivity contribution in [2.45, 2.75) is 46.2 Å². The molecule has 29 heavy (non-hydrogen) atoms. The van der Waals surface area contributed by atoms with Crippen molar-refractivity contribution in [3.05, 3.63) is 71.0 Å². The van der Waals surface area contributed by atoms with Gasteiger partial charge in [0.25, 0.3) is 5.91 Å². The number of guanidine groups is 1. The highest BCUT2D eigenvalue weighted by molar-refractivity contribution is 5.94. The summed E-state index contributed by atoms with van der Waals surface area (Å²) in [7, 11) is 0. The van der Waals surface area contributed by atoms with Gasteiger partial charge < -0.3 is 16.0 Å². The van der Waals surface area contributed by atoms with Crippen LogP contribution in [-0.2, 0) is 13.0 Å². The molecular formula is C23H31FN4O. The van der Waals surface area contributed by atoms with Crippen molar-refractivity contribution in [3.8, 4) is 0 Å². The largest absolute Gasteiger partial charge is 0.357 e. The van der Waals surface area contributed by atoms with E-state index in [2.05, 4.69) is 20.9 Å². The Balaban J connectivity index is 1.90. The smallest absolute Gasteiger partial charge is 0.251 e. The maximum atomic E-state index is 13.7. The highest BCUT2D eigenvalue weighted by Gasteiger charge is 2.08. The van der Waals surface area contributed by atoms with Gasteiger partial charge in [-0.25, -0.2) is 9.38 Å². The lowest BCUT2D eigenvalue weighted by atomic mass is 10.1. The molecule has 0 aliphatic carbocycles. The van der Waals surface area contributed by atoms with Crippen molar-refractivity contribution in [1.82, 2.24) is 16.0 Å². The molecular weight excluding hydrogens is 367 g/mol. The van der Waals surface area contributed by atoms with Gasteiger partial charge in [-0.3, -0.25) is 4.79 Å². The predicted octanol–water partition coefficient (Wildman–Crippen LogP) is 3.65. The standard InChI is InChI=1S/C23H31FN4O/c1-4-17(3)28-22(29)20-12-10-18(11-13-20)16-27-23(25-5-2)26-15-14-19-8-6-7-9-21(19)24/h6-13,17H,4-5,14-16H2,1-3H3,(H,28,29)(H2,25,26,27). The summed E-state index contributed by atoms with van der Waals surface area (Å²) in [4.78, 5) is 16.7. The zero-order valence-electron chi connectivity index (χ0n) is 17.5. The lowest BCUT2D eigenvalue weighted by Gasteiger charge is -2.12. The van der Waals surface area contributed by atoms with E-state index in [1.54, 1.807) is 12.1 Å². The predicted molar refractivity (Wildman–Crippen MR) is 117 cm³/mol. The summed E-state index contributed by atoms with van der Waals surface area (Å²) in [6, 6.07) is 14.4. The van der Waals surface area contributed by atoms with Crippen molar-refractivity contribution >= 4 is 11.9 Å². The van der Waals surface area contributed by atoms with Crippen LogP contribution in [0.4, 0.5) is 4.39 Å². The van der Waals surface area contributed by atoms with E-state index >= 15 is 0 Å². The van der Waals surface area contributed by atoms with Gasteiger partial charge in [0, 0.05) is 24.7 Å². The lowest BCUT2D eigenvalue weighted by Crippen LogP contribution is -2.38. The summed E-state index contributed by atoms with van der Waals surface area (Å²) in [6.45, 7) is 7.84. The number of amides is 1. The molecule has 0 aromatic heterocycles. The van der Waals surface area contributed by atoms with E-state index in [1.807, 2.05) is 51.1 Å². The van der Waals surface area contributed by atoms with Gasteiger partial charge in [0.05, 0.1) is 6.54 Å². The van der Waals surface area contributed by atoms with Crippen molar-refractivity contribution < 1.29 is 9.18 Å². The molecule has 2 aromatic rings. The summed E-state index contributed by atoms with van der Waals surface area (Å²) in [5.41, 5.74) is 2.34. The molecule has 0 aliphatic rings. The van der Waals surface area contributed by atoms with Crippen molar-refractivity contribution in [3.63, 3.8) is 0 Å². The summed E-state index contributed by atoms with van der Waals surface area (Å²) in [6.07, 6.45) is 1.48. The second-order valence-corrected chi connectivity index (χ2v) is 6.94. The van der Waals surface area contributed by atoms with Crippen LogP contribution in [0.15, 0.2) is 53.5 Å². The Hall–Kier alpha value is -2.89. The fraction of sp³-hybridized carbons (Fsp3) is 0.391. The number of carbonyl (C=O) groups excluding carboxylic acids is 1. The number of aliphatic imine (C=N–C) groups is 1. The van der Waals surface area contributed by atoms with Crippen molar-refractivity contribution in [1.29, 1.82) is 0 Å². The summed E-state index contributed by atoms with van der Waals surface area (Å²) >= 11 is 0. The Labute approximate surface area is 172 Å². The van der Waals surface area contributed by atoms with Crippen LogP contribution in [0.25, 0.3) is 0 Å². The van der Waals surface area contributed by atoms with E-state index in [0.717, 1.165) is 18.5 Å². The molecule has 6 heteroatoms. The van der Waals surface area contributed by atoms with Crippen LogP contribution in [0.1, 0.15) is 48.7 Å². The van der Waals surface area contributed by atoms with E-state index in [4.69, 9.17) is 0 Å². The highest BCUT2D eigenvalue weighted by Crippen LogP contribution is 2.08. The minimum Gasteiger partial charge on any atom is -0.357 e. The van der Waals surface area contributed by atoms with Gasteiger partial charge in [-0.05, 0) is 56.0 Å². The molecule has 0 bridgehead atoms. The van der Waals surface area contributed by atoms with E-state index in [-0.39, 0.29) is 17.8 Å². The molecule has 2 aromatic carbocycles. The molecule has 1 atom stereocenters. The Kier molecular flexibility index (Phi) is 9.15. The first-order chi connectivity index (χ1) is 14.0. The monoisotopic (exact) mass is 398 g/mol. The third kappa shape index (κ3) is 7.56. The molecule has 0 aliphatic heterocycles. The first-order valence-electron chi connectivity index (χ1n) is 10.2. The van der Waals surface area contributed by atoms with Crippen LogP contribution in [0.5, 0.6) is 0 Å². The summed E-state index contributed by atoms with van der Waals surface area (Å²) in [5.74, 6) is 0.439. The van der Waals surface area contributed by atoms with Crippen LogP contribution < -0.4 is 16.0 Å². The number of nitrogens with one attached hydrogen (secondary N) is 3. The van der Waals surface area contributed by atoms with Gasteiger partial charge in [0.15, 0.2) is 5.96 Å². The fourth-order valence-corrected chi connectivity index (χ4v) is 2.70. The zero-order chi connectivity index (χ0) is 21.1. The SMILES string of the molecule is CCNC(=NCc1ccc(C(=O)NC(C)CC)cc1)NCCc1ccccc1F. The van der Waals surface area contributed by atoms with Crippen LogP contribution in [0.2, 0.25) is 0 Å². The van der Waals surface area contributed by atoms with Gasteiger partial charge in [0.1, 0.15) is 5.82 Å². The average Bonchev–Trinajstić information content (AvgIpc) is 2.73. The van der Waals surface area contributed by atoms with Gasteiger partial charge in [-0.2, -0.15) is 0 Å². The molecule has 0 saturated heterocycles. The number of benzene rings is 2. The second kappa shape index (κ2) is 11.8. The molecule has 0 radical (unpaired) electrons. The van der Waals surface area contributed by atoms with Crippen LogP contribution in [0, 0.1) is 5.82 Å². The van der Waals surface area contributed by atoms with Crippen LogP contribution in [-0.4, -0.2) is 31.0 Å². The number of carbonyl (C=O) groups is 1. The summed E-state index contributed by atoms with van der Waals surface area (Å²) in [5, 5.41) is 9.38. The third-order valence-electron chi connectivity index (χ3n) is 4.61. The molecule has 1 unspecified atom stereocenters. The molecule has 1 amide bonds. The zero-order valence-corrected chi connectivity index (χ0v) is 17.5.